The van der Waals surface area contributed by atoms with Crippen LogP contribution in [0.2, 0.25) is 0 Å². The van der Waals surface area contributed by atoms with E-state index in [0.29, 0.717) is 0 Å². The lowest BCUT2D eigenvalue weighted by atomic mass is 10.1. The van der Waals surface area contributed by atoms with Crippen LogP contribution in [-0.2, 0) is 0 Å². The maximum absolute atomic E-state index is 3.48. The van der Waals surface area contributed by atoms with Gasteiger partial charge < -0.3 is 5.32 Å². The van der Waals surface area contributed by atoms with E-state index < -0.39 is 0 Å². The average Bonchev–Trinajstić information content (AvgIpc) is 2.70. The molecule has 0 saturated carbocycles. The molecule has 1 unspecified atom stereocenters. The number of piperazine rings is 1. The Morgan fingerprint density at radius 2 is 2.15 bits per heavy atom. The van der Waals surface area contributed by atoms with Crippen LogP contribution in [0, 0.1) is 0 Å². The molecule has 13 heavy (non-hydrogen) atoms. The Morgan fingerprint density at radius 1 is 1.38 bits per heavy atom. The van der Waals surface area contributed by atoms with Crippen LogP contribution in [0.15, 0.2) is 12.2 Å². The molecule has 74 valence electrons. The molecule has 2 rings (SSSR count). The van der Waals surface area contributed by atoms with Crippen molar-refractivity contribution in [2.75, 3.05) is 19.6 Å². The number of hydrogen-bond acceptors (Lipinski definition) is 2. The molecule has 1 aliphatic heterocycles. The van der Waals surface area contributed by atoms with Gasteiger partial charge in [-0.1, -0.05) is 19.1 Å². The molecule has 0 radical (unpaired) electrons. The quantitative estimate of drug-likeness (QED) is 0.646. The summed E-state index contributed by atoms with van der Waals surface area (Å²) < 4.78 is 0. The molecule has 0 amide bonds. The third-order valence-electron chi connectivity index (χ3n) is 3.32. The SMILES string of the molecule is CCC1CNCCN1C1CC=CC1. The van der Waals surface area contributed by atoms with Crippen molar-refractivity contribution in [3.8, 4) is 0 Å². The van der Waals surface area contributed by atoms with Gasteiger partial charge in [-0.3, -0.25) is 4.90 Å². The number of hydrogen-bond donors (Lipinski definition) is 1. The maximum atomic E-state index is 3.48. The van der Waals surface area contributed by atoms with Gasteiger partial charge in [-0.2, -0.15) is 0 Å². The first-order chi connectivity index (χ1) is 6.42. The molecule has 1 heterocycles. The van der Waals surface area contributed by atoms with Gasteiger partial charge in [-0.25, -0.2) is 0 Å². The highest BCUT2D eigenvalue weighted by atomic mass is 15.2. The van der Waals surface area contributed by atoms with E-state index in [-0.39, 0.29) is 0 Å². The fraction of sp³-hybridized carbons (Fsp3) is 0.818. The first-order valence-electron chi connectivity index (χ1n) is 5.53. The summed E-state index contributed by atoms with van der Waals surface area (Å²) in [5.74, 6) is 0. The summed E-state index contributed by atoms with van der Waals surface area (Å²) in [5.41, 5.74) is 0. The van der Waals surface area contributed by atoms with E-state index in [1.165, 1.54) is 38.9 Å². The van der Waals surface area contributed by atoms with Crippen molar-refractivity contribution in [1.29, 1.82) is 0 Å². The van der Waals surface area contributed by atoms with Gasteiger partial charge in [-0.05, 0) is 19.3 Å². The van der Waals surface area contributed by atoms with Crippen molar-refractivity contribution in [3.63, 3.8) is 0 Å². The minimum absolute atomic E-state index is 0.777. The molecule has 2 heteroatoms. The van der Waals surface area contributed by atoms with Crippen molar-refractivity contribution in [3.05, 3.63) is 12.2 Å². The van der Waals surface area contributed by atoms with E-state index in [9.17, 15) is 0 Å². The van der Waals surface area contributed by atoms with E-state index in [4.69, 9.17) is 0 Å². The van der Waals surface area contributed by atoms with Gasteiger partial charge in [0.25, 0.3) is 0 Å². The van der Waals surface area contributed by atoms with Crippen LogP contribution in [0.4, 0.5) is 0 Å². The van der Waals surface area contributed by atoms with Gasteiger partial charge in [0.2, 0.25) is 0 Å². The molecule has 1 aliphatic carbocycles. The molecule has 0 bridgehead atoms. The third-order valence-corrected chi connectivity index (χ3v) is 3.32. The van der Waals surface area contributed by atoms with Crippen LogP contribution in [0.3, 0.4) is 0 Å². The normalized spacial score (nSPS) is 31.3. The minimum Gasteiger partial charge on any atom is -0.314 e. The van der Waals surface area contributed by atoms with E-state index >= 15 is 0 Å². The molecule has 0 spiro atoms. The van der Waals surface area contributed by atoms with E-state index in [1.807, 2.05) is 0 Å². The standard InChI is InChI=1S/C11H20N2/c1-2-10-9-12-7-8-13(10)11-5-3-4-6-11/h3-4,10-12H,2,5-9H2,1H3. The molecule has 2 aliphatic rings. The zero-order valence-electron chi connectivity index (χ0n) is 8.50. The lowest BCUT2D eigenvalue weighted by Crippen LogP contribution is -2.54. The minimum atomic E-state index is 0.777. The van der Waals surface area contributed by atoms with Gasteiger partial charge in [-0.15, -0.1) is 0 Å². The van der Waals surface area contributed by atoms with Gasteiger partial charge >= 0.3 is 0 Å². The van der Waals surface area contributed by atoms with Crippen molar-refractivity contribution in [1.82, 2.24) is 10.2 Å². The zero-order valence-corrected chi connectivity index (χ0v) is 8.50. The molecule has 2 nitrogen and oxygen atoms in total. The molecule has 1 saturated heterocycles. The Kier molecular flexibility index (Phi) is 3.01. The average molecular weight is 180 g/mol. The zero-order chi connectivity index (χ0) is 9.10. The first-order valence-corrected chi connectivity index (χ1v) is 5.53. The molecule has 1 N–H and O–H groups in total. The highest BCUT2D eigenvalue weighted by Crippen LogP contribution is 2.21. The Hall–Kier alpha value is -0.340. The molecular weight excluding hydrogens is 160 g/mol. The van der Waals surface area contributed by atoms with E-state index in [0.717, 1.165) is 12.1 Å². The summed E-state index contributed by atoms with van der Waals surface area (Å²) in [6.45, 7) is 5.90. The lowest BCUT2D eigenvalue weighted by Gasteiger charge is -2.39. The number of nitrogens with zero attached hydrogens (tertiary/aromatic N) is 1. The molecule has 1 atom stereocenters. The summed E-state index contributed by atoms with van der Waals surface area (Å²) in [7, 11) is 0. The molecule has 0 aromatic carbocycles. The maximum Gasteiger partial charge on any atom is 0.0221 e. The summed E-state index contributed by atoms with van der Waals surface area (Å²) >= 11 is 0. The highest BCUT2D eigenvalue weighted by Gasteiger charge is 2.27. The second-order valence-corrected chi connectivity index (χ2v) is 4.10. The summed E-state index contributed by atoms with van der Waals surface area (Å²) in [4.78, 5) is 2.70. The molecular formula is C11H20N2. The van der Waals surface area contributed by atoms with E-state index in [2.05, 4.69) is 29.3 Å². The molecule has 1 fully saturated rings. The second-order valence-electron chi connectivity index (χ2n) is 4.10. The Morgan fingerprint density at radius 3 is 2.85 bits per heavy atom. The van der Waals surface area contributed by atoms with Gasteiger partial charge in [0.05, 0.1) is 0 Å². The van der Waals surface area contributed by atoms with Crippen LogP contribution >= 0.6 is 0 Å². The lowest BCUT2D eigenvalue weighted by molar-refractivity contribution is 0.108. The second kappa shape index (κ2) is 4.25. The smallest absolute Gasteiger partial charge is 0.0221 e. The van der Waals surface area contributed by atoms with Gasteiger partial charge in [0.1, 0.15) is 0 Å². The topological polar surface area (TPSA) is 15.3 Å². The van der Waals surface area contributed by atoms with Crippen LogP contribution in [-0.4, -0.2) is 36.6 Å². The van der Waals surface area contributed by atoms with Crippen LogP contribution in [0.25, 0.3) is 0 Å². The fourth-order valence-electron chi connectivity index (χ4n) is 2.51. The van der Waals surface area contributed by atoms with Crippen molar-refractivity contribution in [2.45, 2.75) is 38.3 Å². The Balaban J connectivity index is 1.94. The number of rotatable bonds is 2. The fourth-order valence-corrected chi connectivity index (χ4v) is 2.51. The van der Waals surface area contributed by atoms with Crippen molar-refractivity contribution in [2.24, 2.45) is 0 Å². The largest absolute Gasteiger partial charge is 0.314 e. The first kappa shape index (κ1) is 9.22. The summed E-state index contributed by atoms with van der Waals surface area (Å²) in [6, 6.07) is 1.59. The number of nitrogens with one attached hydrogen (secondary N) is 1. The third kappa shape index (κ3) is 1.94. The Bertz CT molecular complexity index is 179. The predicted octanol–water partition coefficient (Wildman–Crippen LogP) is 1.39. The van der Waals surface area contributed by atoms with Gasteiger partial charge in [0.15, 0.2) is 0 Å². The monoisotopic (exact) mass is 180 g/mol. The summed E-state index contributed by atoms with van der Waals surface area (Å²) in [5, 5.41) is 3.48. The van der Waals surface area contributed by atoms with Crippen LogP contribution < -0.4 is 5.32 Å². The molecule has 0 aromatic rings. The van der Waals surface area contributed by atoms with Crippen LogP contribution in [0.5, 0.6) is 0 Å². The Labute approximate surface area is 81.0 Å². The van der Waals surface area contributed by atoms with Gasteiger partial charge in [0, 0.05) is 31.7 Å². The summed E-state index contributed by atoms with van der Waals surface area (Å²) in [6.07, 6.45) is 8.50. The highest BCUT2D eigenvalue weighted by molar-refractivity contribution is 5.00. The van der Waals surface area contributed by atoms with Crippen molar-refractivity contribution >= 4 is 0 Å². The predicted molar refractivity (Wildman–Crippen MR) is 55.8 cm³/mol. The molecule has 0 aromatic heterocycles. The van der Waals surface area contributed by atoms with Crippen LogP contribution in [0.1, 0.15) is 26.2 Å². The van der Waals surface area contributed by atoms with E-state index in [1.54, 1.807) is 0 Å². The van der Waals surface area contributed by atoms with Crippen molar-refractivity contribution < 1.29 is 0 Å².